The minimum absolute atomic E-state index is 0.0418. The average molecular weight is 508 g/mol. The first-order valence-corrected chi connectivity index (χ1v) is 13.6. The predicted octanol–water partition coefficient (Wildman–Crippen LogP) is 3.79. The van der Waals surface area contributed by atoms with E-state index < -0.39 is 0 Å². The fourth-order valence-electron chi connectivity index (χ4n) is 5.83. The van der Waals surface area contributed by atoms with Crippen LogP contribution in [0.25, 0.3) is 0 Å². The molecule has 3 heterocycles. The molecule has 2 amide bonds. The van der Waals surface area contributed by atoms with Gasteiger partial charge in [0, 0.05) is 42.0 Å². The number of nitrogens with one attached hydrogen (secondary N) is 2. The number of nitrogens with zero attached hydrogens (tertiary/aromatic N) is 3. The molecule has 2 bridgehead atoms. The van der Waals surface area contributed by atoms with Gasteiger partial charge < -0.3 is 25.2 Å². The third-order valence-electron chi connectivity index (χ3n) is 7.92. The molecule has 2 aliphatic heterocycles. The normalized spacial score (nSPS) is 20.7. The van der Waals surface area contributed by atoms with Gasteiger partial charge in [0.2, 0.25) is 0 Å². The summed E-state index contributed by atoms with van der Waals surface area (Å²) in [6.45, 7) is 9.94. The molecule has 8 heteroatoms. The quantitative estimate of drug-likeness (QED) is 0.450. The summed E-state index contributed by atoms with van der Waals surface area (Å²) in [5.74, 6) is 1.53. The molecule has 4 rings (SSSR count). The SMILES string of the molecule is CCN(CC)CCCNC(=O)c1ccc(N2[C@@H]3CC[C@H]2C[C@@H](NC(=O)c2cccc(OC)c2C)C3)nc1. The van der Waals surface area contributed by atoms with Gasteiger partial charge in [0.1, 0.15) is 11.6 Å². The lowest BCUT2D eigenvalue weighted by atomic mass is 9.96. The molecule has 200 valence electrons. The maximum absolute atomic E-state index is 13.0. The van der Waals surface area contributed by atoms with Crippen LogP contribution in [0.5, 0.6) is 5.75 Å². The summed E-state index contributed by atoms with van der Waals surface area (Å²) in [5.41, 5.74) is 2.12. The van der Waals surface area contributed by atoms with Gasteiger partial charge in [0.05, 0.1) is 12.7 Å². The second-order valence-corrected chi connectivity index (χ2v) is 10.1. The second-order valence-electron chi connectivity index (χ2n) is 10.1. The molecule has 0 aliphatic carbocycles. The number of carbonyl (C=O) groups excluding carboxylic acids is 2. The van der Waals surface area contributed by atoms with Crippen LogP contribution in [0.15, 0.2) is 36.5 Å². The Hall–Kier alpha value is -3.13. The molecule has 0 radical (unpaired) electrons. The van der Waals surface area contributed by atoms with E-state index >= 15 is 0 Å². The van der Waals surface area contributed by atoms with Crippen molar-refractivity contribution in [1.82, 2.24) is 20.5 Å². The summed E-state index contributed by atoms with van der Waals surface area (Å²) in [5, 5.41) is 6.28. The first-order valence-electron chi connectivity index (χ1n) is 13.6. The standard InChI is InChI=1S/C29H41N5O3/c1-5-33(6-2)16-8-15-30-28(35)21-11-14-27(31-19-21)34-23-12-13-24(34)18-22(17-23)32-29(36)25-9-7-10-26(37-4)20(25)3/h7,9-11,14,19,22-24H,5-6,8,12-13,15-18H2,1-4H3,(H,30,35)(H,32,36)/t22-,23+,24-. The zero-order valence-corrected chi connectivity index (χ0v) is 22.6. The van der Waals surface area contributed by atoms with E-state index in [0.717, 1.165) is 68.9 Å². The smallest absolute Gasteiger partial charge is 0.252 e. The Labute approximate surface area is 220 Å². The third-order valence-corrected chi connectivity index (χ3v) is 7.92. The number of hydrogen-bond acceptors (Lipinski definition) is 6. The lowest BCUT2D eigenvalue weighted by Crippen LogP contribution is -2.50. The first kappa shape index (κ1) is 26.9. The van der Waals surface area contributed by atoms with E-state index in [4.69, 9.17) is 4.74 Å². The van der Waals surface area contributed by atoms with Crippen LogP contribution in [-0.2, 0) is 0 Å². The lowest BCUT2D eigenvalue weighted by Gasteiger charge is -2.40. The maximum Gasteiger partial charge on any atom is 0.252 e. The van der Waals surface area contributed by atoms with Crippen molar-refractivity contribution in [2.75, 3.05) is 38.2 Å². The minimum atomic E-state index is -0.0733. The highest BCUT2D eigenvalue weighted by Gasteiger charge is 2.42. The molecule has 1 aromatic carbocycles. The van der Waals surface area contributed by atoms with Gasteiger partial charge in [0.25, 0.3) is 11.8 Å². The topological polar surface area (TPSA) is 86.8 Å². The third kappa shape index (κ3) is 6.24. The van der Waals surface area contributed by atoms with Gasteiger partial charge in [-0.1, -0.05) is 19.9 Å². The van der Waals surface area contributed by atoms with E-state index in [1.165, 1.54) is 0 Å². The summed E-state index contributed by atoms with van der Waals surface area (Å²) in [6.07, 6.45) is 6.58. The number of piperidine rings is 1. The zero-order valence-electron chi connectivity index (χ0n) is 22.6. The fourth-order valence-corrected chi connectivity index (χ4v) is 5.83. The summed E-state index contributed by atoms with van der Waals surface area (Å²) in [7, 11) is 1.62. The Morgan fingerprint density at radius 3 is 2.43 bits per heavy atom. The van der Waals surface area contributed by atoms with Gasteiger partial charge >= 0.3 is 0 Å². The van der Waals surface area contributed by atoms with Crippen molar-refractivity contribution in [3.05, 3.63) is 53.2 Å². The van der Waals surface area contributed by atoms with E-state index in [2.05, 4.69) is 39.3 Å². The Bertz CT molecular complexity index is 1060. The zero-order chi connectivity index (χ0) is 26.4. The first-order chi connectivity index (χ1) is 17.9. The predicted molar refractivity (Wildman–Crippen MR) is 146 cm³/mol. The van der Waals surface area contributed by atoms with Crippen LogP contribution in [0.3, 0.4) is 0 Å². The van der Waals surface area contributed by atoms with Crippen LogP contribution in [0, 0.1) is 6.92 Å². The van der Waals surface area contributed by atoms with Crippen LogP contribution < -0.4 is 20.3 Å². The molecular weight excluding hydrogens is 466 g/mol. The van der Waals surface area contributed by atoms with Crippen LogP contribution in [0.2, 0.25) is 0 Å². The number of aromatic nitrogens is 1. The lowest BCUT2D eigenvalue weighted by molar-refractivity contribution is 0.0923. The maximum atomic E-state index is 13.0. The Kier molecular flexibility index (Phi) is 9.03. The molecule has 2 aromatic rings. The van der Waals surface area contributed by atoms with Crippen molar-refractivity contribution >= 4 is 17.6 Å². The number of amides is 2. The van der Waals surface area contributed by atoms with E-state index in [9.17, 15) is 9.59 Å². The molecule has 0 saturated carbocycles. The number of anilines is 1. The number of ether oxygens (including phenoxy) is 1. The molecule has 1 aromatic heterocycles. The summed E-state index contributed by atoms with van der Waals surface area (Å²) >= 11 is 0. The highest BCUT2D eigenvalue weighted by molar-refractivity contribution is 5.96. The van der Waals surface area contributed by atoms with Crippen LogP contribution >= 0.6 is 0 Å². The minimum Gasteiger partial charge on any atom is -0.496 e. The molecular formula is C29H41N5O3. The highest BCUT2D eigenvalue weighted by Crippen LogP contribution is 2.38. The average Bonchev–Trinajstić information content (AvgIpc) is 3.18. The van der Waals surface area contributed by atoms with Crippen molar-refractivity contribution in [3.63, 3.8) is 0 Å². The van der Waals surface area contributed by atoms with Crippen molar-refractivity contribution in [1.29, 1.82) is 0 Å². The molecule has 3 atom stereocenters. The van der Waals surface area contributed by atoms with Gasteiger partial charge in [-0.3, -0.25) is 9.59 Å². The summed E-state index contributed by atoms with van der Waals surface area (Å²) in [6, 6.07) is 10.2. The summed E-state index contributed by atoms with van der Waals surface area (Å²) < 4.78 is 5.38. The second kappa shape index (κ2) is 12.4. The Balaban J connectivity index is 1.31. The number of hydrogen-bond donors (Lipinski definition) is 2. The monoisotopic (exact) mass is 507 g/mol. The number of rotatable bonds is 11. The van der Waals surface area contributed by atoms with Gasteiger partial charge in [-0.25, -0.2) is 4.98 Å². The molecule has 37 heavy (non-hydrogen) atoms. The largest absolute Gasteiger partial charge is 0.496 e. The van der Waals surface area contributed by atoms with Crippen LogP contribution in [-0.4, -0.2) is 73.1 Å². The molecule has 8 nitrogen and oxygen atoms in total. The Morgan fingerprint density at radius 1 is 1.08 bits per heavy atom. The number of carbonyl (C=O) groups is 2. The molecule has 0 spiro atoms. The fraction of sp³-hybridized carbons (Fsp3) is 0.552. The van der Waals surface area contributed by atoms with E-state index in [1.54, 1.807) is 13.3 Å². The van der Waals surface area contributed by atoms with Crippen molar-refractivity contribution < 1.29 is 14.3 Å². The van der Waals surface area contributed by atoms with E-state index in [1.807, 2.05) is 37.3 Å². The number of pyridine rings is 1. The van der Waals surface area contributed by atoms with Crippen LogP contribution in [0.4, 0.5) is 5.82 Å². The van der Waals surface area contributed by atoms with Gasteiger partial charge in [-0.2, -0.15) is 0 Å². The number of fused-ring (bicyclic) bond motifs is 2. The van der Waals surface area contributed by atoms with Crippen molar-refractivity contribution in [3.8, 4) is 5.75 Å². The molecule has 2 aliphatic rings. The molecule has 2 saturated heterocycles. The van der Waals surface area contributed by atoms with Gasteiger partial charge in [-0.05, 0) is 82.9 Å². The van der Waals surface area contributed by atoms with E-state index in [-0.39, 0.29) is 17.9 Å². The summed E-state index contributed by atoms with van der Waals surface area (Å²) in [4.78, 5) is 35.0. The van der Waals surface area contributed by atoms with Crippen LogP contribution in [0.1, 0.15) is 72.2 Å². The number of methoxy groups -OCH3 is 1. The molecule has 2 N–H and O–H groups in total. The van der Waals surface area contributed by atoms with E-state index in [0.29, 0.717) is 29.8 Å². The van der Waals surface area contributed by atoms with Crippen molar-refractivity contribution in [2.24, 2.45) is 0 Å². The van der Waals surface area contributed by atoms with Gasteiger partial charge in [-0.15, -0.1) is 0 Å². The Morgan fingerprint density at radius 2 is 1.81 bits per heavy atom. The van der Waals surface area contributed by atoms with Gasteiger partial charge in [0.15, 0.2) is 0 Å². The number of benzene rings is 1. The molecule has 2 fully saturated rings. The van der Waals surface area contributed by atoms with Crippen molar-refractivity contribution in [2.45, 2.75) is 71.0 Å². The molecule has 0 unspecified atom stereocenters. The highest BCUT2D eigenvalue weighted by atomic mass is 16.5.